The first-order chi connectivity index (χ1) is 15.8. The van der Waals surface area contributed by atoms with Crippen molar-refractivity contribution in [3.63, 3.8) is 0 Å². The topological polar surface area (TPSA) is 132 Å². The summed E-state index contributed by atoms with van der Waals surface area (Å²) in [5, 5.41) is -0.220. The number of aromatic nitrogens is 1. The Morgan fingerprint density at radius 3 is 2.21 bits per heavy atom. The van der Waals surface area contributed by atoms with Gasteiger partial charge in [0.25, 0.3) is 0 Å². The van der Waals surface area contributed by atoms with E-state index < -0.39 is 46.3 Å². The smallest absolute Gasteiger partial charge is 0.340 e. The fourth-order valence-electron chi connectivity index (χ4n) is 3.26. The fourth-order valence-corrected chi connectivity index (χ4v) is 5.74. The summed E-state index contributed by atoms with van der Waals surface area (Å²) >= 11 is 12.0. The minimum atomic E-state index is -4.28. The van der Waals surface area contributed by atoms with Gasteiger partial charge in [-0.15, -0.1) is 0 Å². The number of H-pyrrole nitrogens is 1. The predicted octanol–water partition coefficient (Wildman–Crippen LogP) is 3.84. The van der Waals surface area contributed by atoms with Gasteiger partial charge in [-0.25, -0.2) is 13.2 Å². The Kier molecular flexibility index (Phi) is 9.29. The Morgan fingerprint density at radius 1 is 1.09 bits per heavy atom. The molecule has 0 saturated carbocycles. The molecule has 1 atom stereocenters. The zero-order valence-corrected chi connectivity index (χ0v) is 21.7. The second-order valence-electron chi connectivity index (χ2n) is 7.77. The molecule has 0 amide bonds. The summed E-state index contributed by atoms with van der Waals surface area (Å²) in [6.07, 6.45) is 0. The molecule has 0 aliphatic heterocycles. The lowest BCUT2D eigenvalue weighted by atomic mass is 10.1. The van der Waals surface area contributed by atoms with Crippen LogP contribution in [0.25, 0.3) is 0 Å². The molecule has 0 spiro atoms. The van der Waals surface area contributed by atoms with Gasteiger partial charge >= 0.3 is 11.9 Å². The molecule has 2 N–H and O–H groups in total. The molecule has 2 rings (SSSR count). The number of halogens is 2. The quantitative estimate of drug-likeness (QED) is 0.350. The van der Waals surface area contributed by atoms with Crippen LogP contribution in [-0.2, 0) is 24.3 Å². The maximum atomic E-state index is 12.9. The molecule has 0 aliphatic carbocycles. The third-order valence-corrected chi connectivity index (χ3v) is 7.33. The minimum Gasteiger partial charge on any atom is -0.462 e. The van der Waals surface area contributed by atoms with Gasteiger partial charge in [0.2, 0.25) is 15.8 Å². The Labute approximate surface area is 208 Å². The molecule has 34 heavy (non-hydrogen) atoms. The normalized spacial score (nSPS) is 12.5. The van der Waals surface area contributed by atoms with Crippen LogP contribution in [0.2, 0.25) is 10.0 Å². The highest BCUT2D eigenvalue weighted by molar-refractivity contribution is 7.89. The molecule has 0 fully saturated rings. The van der Waals surface area contributed by atoms with Crippen molar-refractivity contribution in [1.82, 2.24) is 9.71 Å². The van der Waals surface area contributed by atoms with Crippen molar-refractivity contribution in [2.24, 2.45) is 5.92 Å². The minimum absolute atomic E-state index is 0.0953. The lowest BCUT2D eigenvalue weighted by Crippen LogP contribution is -2.45. The molecule has 9 nitrogen and oxygen atoms in total. The van der Waals surface area contributed by atoms with E-state index in [0.29, 0.717) is 11.3 Å². The maximum absolute atomic E-state index is 12.9. The third kappa shape index (κ3) is 6.18. The molecule has 1 unspecified atom stereocenters. The van der Waals surface area contributed by atoms with Gasteiger partial charge in [-0.2, -0.15) is 4.72 Å². The molecule has 0 bridgehead atoms. The van der Waals surface area contributed by atoms with Gasteiger partial charge in [0.1, 0.15) is 10.9 Å². The van der Waals surface area contributed by atoms with Crippen molar-refractivity contribution in [3.8, 4) is 0 Å². The molecule has 12 heteroatoms. The van der Waals surface area contributed by atoms with E-state index >= 15 is 0 Å². The Bertz CT molecular complexity index is 1190. The average molecular weight is 533 g/mol. The first-order valence-corrected chi connectivity index (χ1v) is 12.6. The molecule has 0 radical (unpaired) electrons. The van der Waals surface area contributed by atoms with Crippen molar-refractivity contribution in [3.05, 3.63) is 50.8 Å². The summed E-state index contributed by atoms with van der Waals surface area (Å²) in [5.41, 5.74) is 1.14. The number of esters is 2. The largest absolute Gasteiger partial charge is 0.462 e. The Morgan fingerprint density at radius 2 is 1.68 bits per heavy atom. The van der Waals surface area contributed by atoms with Crippen molar-refractivity contribution in [2.75, 3.05) is 13.2 Å². The molecule has 1 heterocycles. The van der Waals surface area contributed by atoms with Gasteiger partial charge < -0.3 is 14.5 Å². The zero-order valence-electron chi connectivity index (χ0n) is 19.3. The molecular formula is C22H26Cl2N2O7S. The average Bonchev–Trinajstić information content (AvgIpc) is 3.03. The summed E-state index contributed by atoms with van der Waals surface area (Å²) in [6.45, 7) is 7.58. The van der Waals surface area contributed by atoms with Crippen molar-refractivity contribution in [1.29, 1.82) is 0 Å². The first-order valence-electron chi connectivity index (χ1n) is 10.3. The summed E-state index contributed by atoms with van der Waals surface area (Å²) in [6, 6.07) is 2.89. The molecular weight excluding hydrogens is 507 g/mol. The molecule has 1 aromatic heterocycles. The monoisotopic (exact) mass is 532 g/mol. The van der Waals surface area contributed by atoms with Gasteiger partial charge in [-0.05, 0) is 44.4 Å². The predicted molar refractivity (Wildman–Crippen MR) is 127 cm³/mol. The molecule has 2 aromatic rings. The van der Waals surface area contributed by atoms with Crippen LogP contribution >= 0.6 is 23.2 Å². The fraction of sp³-hybridized carbons (Fsp3) is 0.409. The summed E-state index contributed by atoms with van der Waals surface area (Å²) in [4.78, 5) is 39.9. The number of carbonyl (C=O) groups is 3. The van der Waals surface area contributed by atoms with E-state index in [2.05, 4.69) is 9.71 Å². The second-order valence-corrected chi connectivity index (χ2v) is 10.2. The highest BCUT2D eigenvalue weighted by Crippen LogP contribution is 2.29. The molecule has 186 valence electrons. The van der Waals surface area contributed by atoms with Crippen LogP contribution in [0.4, 0.5) is 0 Å². The number of Topliss-reactive ketones (excluding diaryl/α,β-unsaturated/α-hetero) is 1. The van der Waals surface area contributed by atoms with E-state index in [1.807, 2.05) is 0 Å². The van der Waals surface area contributed by atoms with E-state index in [0.717, 1.165) is 0 Å². The molecule has 0 aliphatic rings. The lowest BCUT2D eigenvalue weighted by molar-refractivity contribution is -0.145. The third-order valence-electron chi connectivity index (χ3n) is 4.93. The molecule has 0 saturated heterocycles. The Balaban J connectivity index is 2.18. The number of benzene rings is 1. The zero-order chi connectivity index (χ0) is 25.8. The number of ether oxygens (including phenoxy) is 2. The number of aromatic amines is 1. The molecule has 1 aromatic carbocycles. The highest BCUT2D eigenvalue weighted by atomic mass is 35.5. The second kappa shape index (κ2) is 11.4. The van der Waals surface area contributed by atoms with Crippen LogP contribution in [0.5, 0.6) is 0 Å². The number of carbonyl (C=O) groups excluding carboxylic acids is 3. The number of rotatable bonds is 10. The standard InChI is InChI=1S/C22H26Cl2N2O7S/c1-6-32-21(28)17-12(4)19(25-13(17)5)16(27)10-33-22(29)18(11(2)3)26-34(30,31)20-14(23)8-7-9-15(20)24/h7-9,11,18,25-26H,6,10H2,1-5H3. The highest BCUT2D eigenvalue weighted by Gasteiger charge is 2.33. The number of nitrogens with one attached hydrogen (secondary N) is 2. The lowest BCUT2D eigenvalue weighted by Gasteiger charge is -2.21. The van der Waals surface area contributed by atoms with Crippen molar-refractivity contribution >= 4 is 50.9 Å². The van der Waals surface area contributed by atoms with Crippen LogP contribution in [-0.4, -0.2) is 50.4 Å². The van der Waals surface area contributed by atoms with E-state index in [4.69, 9.17) is 32.7 Å². The summed E-state index contributed by atoms with van der Waals surface area (Å²) < 4.78 is 38.1. The number of sulfonamides is 1. The summed E-state index contributed by atoms with van der Waals surface area (Å²) in [7, 11) is -4.28. The number of aryl methyl sites for hydroxylation is 1. The van der Waals surface area contributed by atoms with Gasteiger partial charge in [0.15, 0.2) is 6.61 Å². The number of hydrogen-bond acceptors (Lipinski definition) is 7. The van der Waals surface area contributed by atoms with Crippen LogP contribution in [0.15, 0.2) is 23.1 Å². The van der Waals surface area contributed by atoms with E-state index in [-0.39, 0.29) is 32.8 Å². The van der Waals surface area contributed by atoms with Gasteiger partial charge in [0.05, 0.1) is 27.9 Å². The summed E-state index contributed by atoms with van der Waals surface area (Å²) in [5.74, 6) is -2.65. The van der Waals surface area contributed by atoms with Crippen molar-refractivity contribution in [2.45, 2.75) is 45.6 Å². The van der Waals surface area contributed by atoms with Crippen LogP contribution in [0.3, 0.4) is 0 Å². The van der Waals surface area contributed by atoms with Crippen molar-refractivity contribution < 1.29 is 32.3 Å². The van der Waals surface area contributed by atoms with Crippen LogP contribution in [0.1, 0.15) is 52.9 Å². The van der Waals surface area contributed by atoms with Crippen LogP contribution < -0.4 is 4.72 Å². The van der Waals surface area contributed by atoms with Gasteiger partial charge in [-0.3, -0.25) is 9.59 Å². The number of hydrogen-bond donors (Lipinski definition) is 2. The van der Waals surface area contributed by atoms with Gasteiger partial charge in [0, 0.05) is 5.69 Å². The van der Waals surface area contributed by atoms with E-state index in [1.54, 1.807) is 34.6 Å². The Hall–Kier alpha value is -2.40. The SMILES string of the molecule is CCOC(=O)c1c(C)[nH]c(C(=O)COC(=O)C(NS(=O)(=O)c2c(Cl)cccc2Cl)C(C)C)c1C. The van der Waals surface area contributed by atoms with Crippen LogP contribution in [0, 0.1) is 19.8 Å². The van der Waals surface area contributed by atoms with Gasteiger partial charge in [-0.1, -0.05) is 43.1 Å². The van der Waals surface area contributed by atoms with E-state index in [1.165, 1.54) is 18.2 Å². The van der Waals surface area contributed by atoms with E-state index in [9.17, 15) is 22.8 Å². The maximum Gasteiger partial charge on any atom is 0.340 e. The number of ketones is 1. The first kappa shape index (κ1) is 27.8.